The topological polar surface area (TPSA) is 24.4 Å². The lowest BCUT2D eigenvalue weighted by Crippen LogP contribution is -2.20. The average Bonchev–Trinajstić information content (AvgIpc) is 2.64. The van der Waals surface area contributed by atoms with Crippen LogP contribution in [0.1, 0.15) is 23.6 Å². The van der Waals surface area contributed by atoms with Crippen molar-refractivity contribution >= 4 is 40.2 Å². The number of nitrogens with zero attached hydrogens (tertiary/aromatic N) is 1. The Morgan fingerprint density at radius 3 is 2.50 bits per heavy atom. The summed E-state index contributed by atoms with van der Waals surface area (Å²) in [6.07, 6.45) is -4.45. The van der Waals surface area contributed by atoms with Gasteiger partial charge >= 0.3 is 6.18 Å². The highest BCUT2D eigenvalue weighted by Crippen LogP contribution is 2.34. The molecule has 0 radical (unpaired) electrons. The molecule has 3 rings (SSSR count). The number of fused-ring (bicyclic) bond motifs is 1. The van der Waals surface area contributed by atoms with E-state index in [1.54, 1.807) is 31.2 Å². The number of nitrogens with one attached hydrogen (secondary N) is 1. The summed E-state index contributed by atoms with van der Waals surface area (Å²) < 4.78 is 39.3. The van der Waals surface area contributed by atoms with Gasteiger partial charge in [0.05, 0.1) is 17.3 Å². The zero-order valence-electron chi connectivity index (χ0n) is 12.5. The smallest absolute Gasteiger partial charge is 0.348 e. The minimum atomic E-state index is -4.45. The van der Waals surface area contributed by atoms with Crippen LogP contribution in [0, 0.1) is 0 Å². The average molecular weight is 369 g/mol. The van der Waals surface area contributed by atoms with Gasteiger partial charge < -0.3 is 5.32 Å². The maximum absolute atomic E-state index is 13.1. The normalized spacial score (nSPS) is 17.6. The lowest BCUT2D eigenvalue weighted by Gasteiger charge is -2.14. The number of hydrogen-bond acceptors (Lipinski definition) is 2. The summed E-state index contributed by atoms with van der Waals surface area (Å²) in [6.45, 7) is 1.78. The third kappa shape index (κ3) is 3.16. The Balaban J connectivity index is 2.27. The molecule has 24 heavy (non-hydrogen) atoms. The van der Waals surface area contributed by atoms with E-state index in [1.807, 2.05) is 0 Å². The summed E-state index contributed by atoms with van der Waals surface area (Å²) in [4.78, 5) is 4.96. The Labute approximate surface area is 147 Å². The van der Waals surface area contributed by atoms with E-state index in [9.17, 15) is 13.2 Å². The number of thiocarbonyl (C=S) groups is 1. The van der Waals surface area contributed by atoms with Gasteiger partial charge in [-0.3, -0.25) is 4.99 Å². The molecule has 0 fully saturated rings. The summed E-state index contributed by atoms with van der Waals surface area (Å²) in [5.41, 5.74) is 1.02. The molecule has 0 aromatic heterocycles. The van der Waals surface area contributed by atoms with Crippen LogP contribution in [0.25, 0.3) is 0 Å². The van der Waals surface area contributed by atoms with Gasteiger partial charge in [-0.1, -0.05) is 42.0 Å². The van der Waals surface area contributed by atoms with Crippen LogP contribution in [0.5, 0.6) is 0 Å². The third-order valence-electron chi connectivity index (χ3n) is 3.69. The van der Waals surface area contributed by atoms with Gasteiger partial charge in [-0.05, 0) is 31.2 Å². The molecular formula is C17H12ClF3N2S. The second kappa shape index (κ2) is 6.18. The van der Waals surface area contributed by atoms with Crippen molar-refractivity contribution in [3.63, 3.8) is 0 Å². The van der Waals surface area contributed by atoms with E-state index in [0.717, 1.165) is 12.1 Å². The number of halogens is 4. The predicted octanol–water partition coefficient (Wildman–Crippen LogP) is 5.34. The molecule has 1 heterocycles. The van der Waals surface area contributed by atoms with E-state index >= 15 is 0 Å². The minimum absolute atomic E-state index is 0.324. The van der Waals surface area contributed by atoms with Gasteiger partial charge in [0, 0.05) is 21.8 Å². The highest BCUT2D eigenvalue weighted by Gasteiger charge is 2.32. The van der Waals surface area contributed by atoms with E-state index in [1.165, 1.54) is 6.07 Å². The summed E-state index contributed by atoms with van der Waals surface area (Å²) in [7, 11) is 0. The number of benzodiazepines with no additional fused rings is 1. The Bertz CT molecular complexity index is 846. The number of benzene rings is 2. The summed E-state index contributed by atoms with van der Waals surface area (Å²) in [5, 5.41) is 3.39. The van der Waals surface area contributed by atoms with Crippen molar-refractivity contribution < 1.29 is 13.2 Å². The van der Waals surface area contributed by atoms with Crippen LogP contribution in [0.15, 0.2) is 47.5 Å². The van der Waals surface area contributed by atoms with E-state index in [4.69, 9.17) is 23.8 Å². The number of hydrogen-bond donors (Lipinski definition) is 1. The first-order valence-corrected chi connectivity index (χ1v) is 7.91. The molecule has 124 valence electrons. The standard InChI is InChI=1S/C17H12ClF3N2S/c1-9-16(24)23-14-7-6-10(17(19,20)21)8-12(14)15(22-9)11-4-2-3-5-13(11)18/h2-9H,1H3,(H,23,24). The van der Waals surface area contributed by atoms with Crippen molar-refractivity contribution in [3.8, 4) is 0 Å². The van der Waals surface area contributed by atoms with Crippen LogP contribution >= 0.6 is 23.8 Å². The molecule has 0 saturated heterocycles. The van der Waals surface area contributed by atoms with Crippen LogP contribution in [-0.2, 0) is 6.18 Å². The van der Waals surface area contributed by atoms with E-state index < -0.39 is 11.7 Å². The van der Waals surface area contributed by atoms with E-state index in [0.29, 0.717) is 32.5 Å². The second-order valence-corrected chi connectivity index (χ2v) is 6.23. The number of alkyl halides is 3. The fourth-order valence-electron chi connectivity index (χ4n) is 2.45. The highest BCUT2D eigenvalue weighted by atomic mass is 35.5. The molecule has 7 heteroatoms. The molecule has 0 aliphatic carbocycles. The zero-order chi connectivity index (χ0) is 17.5. The predicted molar refractivity (Wildman–Crippen MR) is 94.2 cm³/mol. The van der Waals surface area contributed by atoms with Crippen LogP contribution in [0.3, 0.4) is 0 Å². The molecule has 2 aromatic rings. The number of anilines is 1. The quantitative estimate of drug-likeness (QED) is 0.687. The molecule has 1 N–H and O–H groups in total. The van der Waals surface area contributed by atoms with Crippen LogP contribution in [0.4, 0.5) is 18.9 Å². The van der Waals surface area contributed by atoms with Gasteiger partial charge in [-0.25, -0.2) is 0 Å². The van der Waals surface area contributed by atoms with Gasteiger partial charge in [-0.15, -0.1) is 0 Å². The maximum Gasteiger partial charge on any atom is 0.416 e. The summed E-state index contributed by atoms with van der Waals surface area (Å²) in [5.74, 6) is 0. The Morgan fingerprint density at radius 2 is 1.83 bits per heavy atom. The van der Waals surface area contributed by atoms with E-state index in [2.05, 4.69) is 10.3 Å². The molecule has 1 aliphatic heterocycles. The van der Waals surface area contributed by atoms with Crippen LogP contribution in [0.2, 0.25) is 5.02 Å². The molecule has 0 spiro atoms. The maximum atomic E-state index is 13.1. The molecule has 1 unspecified atom stereocenters. The lowest BCUT2D eigenvalue weighted by molar-refractivity contribution is -0.137. The molecule has 1 aliphatic rings. The first-order valence-electron chi connectivity index (χ1n) is 7.12. The molecule has 2 aromatic carbocycles. The Morgan fingerprint density at radius 1 is 1.12 bits per heavy atom. The molecule has 0 bridgehead atoms. The largest absolute Gasteiger partial charge is 0.416 e. The van der Waals surface area contributed by atoms with Gasteiger partial charge in [0.15, 0.2) is 0 Å². The fraction of sp³-hybridized carbons (Fsp3) is 0.176. The van der Waals surface area contributed by atoms with Gasteiger partial charge in [-0.2, -0.15) is 13.2 Å². The highest BCUT2D eigenvalue weighted by molar-refractivity contribution is 7.80. The van der Waals surface area contributed by atoms with Gasteiger partial charge in [0.1, 0.15) is 4.99 Å². The van der Waals surface area contributed by atoms with Crippen molar-refractivity contribution in [2.24, 2.45) is 4.99 Å². The number of rotatable bonds is 1. The van der Waals surface area contributed by atoms with Crippen molar-refractivity contribution in [1.82, 2.24) is 0 Å². The monoisotopic (exact) mass is 368 g/mol. The van der Waals surface area contributed by atoms with Gasteiger partial charge in [0.2, 0.25) is 0 Å². The molecule has 2 nitrogen and oxygen atoms in total. The Kier molecular flexibility index (Phi) is 4.36. The first-order chi connectivity index (χ1) is 11.3. The van der Waals surface area contributed by atoms with Crippen molar-refractivity contribution in [1.29, 1.82) is 0 Å². The van der Waals surface area contributed by atoms with Crippen molar-refractivity contribution in [2.45, 2.75) is 19.1 Å². The number of aliphatic imine (C=N–C) groups is 1. The zero-order valence-corrected chi connectivity index (χ0v) is 14.1. The van der Waals surface area contributed by atoms with Crippen LogP contribution < -0.4 is 5.32 Å². The third-order valence-corrected chi connectivity index (χ3v) is 4.46. The van der Waals surface area contributed by atoms with Gasteiger partial charge in [0.25, 0.3) is 0 Å². The SMILES string of the molecule is CC1N=C(c2ccccc2Cl)c2cc(C(F)(F)F)ccc2NC1=S. The molecule has 0 amide bonds. The summed E-state index contributed by atoms with van der Waals surface area (Å²) >= 11 is 11.5. The summed E-state index contributed by atoms with van der Waals surface area (Å²) in [6, 6.07) is 10.0. The Hall–Kier alpha value is -1.92. The van der Waals surface area contributed by atoms with Crippen LogP contribution in [-0.4, -0.2) is 16.7 Å². The van der Waals surface area contributed by atoms with Crippen molar-refractivity contribution in [2.75, 3.05) is 5.32 Å². The van der Waals surface area contributed by atoms with Crippen molar-refractivity contribution in [3.05, 3.63) is 64.2 Å². The molecular weight excluding hydrogens is 357 g/mol. The minimum Gasteiger partial charge on any atom is -0.348 e. The second-order valence-electron chi connectivity index (χ2n) is 5.38. The lowest BCUT2D eigenvalue weighted by atomic mass is 9.98. The fourth-order valence-corrected chi connectivity index (χ4v) is 2.84. The van der Waals surface area contributed by atoms with E-state index in [-0.39, 0.29) is 6.04 Å². The molecule has 1 atom stereocenters. The first kappa shape index (κ1) is 16.9. The molecule has 0 saturated carbocycles.